The average molecular weight is 381 g/mol. The third kappa shape index (κ3) is 4.40. The van der Waals surface area contributed by atoms with E-state index in [0.29, 0.717) is 16.4 Å². The molecule has 0 spiro atoms. The van der Waals surface area contributed by atoms with Gasteiger partial charge in [-0.05, 0) is 67.1 Å². The van der Waals surface area contributed by atoms with Gasteiger partial charge in [-0.15, -0.1) is 5.10 Å². The van der Waals surface area contributed by atoms with Gasteiger partial charge in [0, 0.05) is 11.3 Å². The zero-order valence-corrected chi connectivity index (χ0v) is 16.0. The summed E-state index contributed by atoms with van der Waals surface area (Å²) in [6.45, 7) is 5.28. The van der Waals surface area contributed by atoms with Crippen LogP contribution in [0.5, 0.6) is 0 Å². The molecule has 0 radical (unpaired) electrons. The van der Waals surface area contributed by atoms with Crippen LogP contribution in [0.2, 0.25) is 0 Å². The summed E-state index contributed by atoms with van der Waals surface area (Å²) in [5.74, 6) is -0.185. The summed E-state index contributed by atoms with van der Waals surface area (Å²) in [6, 6.07) is 14.6. The smallest absolute Gasteiger partial charge is 0.237 e. The van der Waals surface area contributed by atoms with E-state index in [1.165, 1.54) is 18.7 Å². The summed E-state index contributed by atoms with van der Waals surface area (Å²) in [4.78, 5) is 23.8. The molecule has 2 aromatic carbocycles. The normalized spacial score (nSPS) is 11.8. The van der Waals surface area contributed by atoms with Gasteiger partial charge in [0.25, 0.3) is 0 Å². The number of hydrogen-bond donors (Lipinski definition) is 1. The summed E-state index contributed by atoms with van der Waals surface area (Å²) in [7, 11) is 0. The van der Waals surface area contributed by atoms with Crippen molar-refractivity contribution in [1.29, 1.82) is 0 Å². The number of ketones is 1. The number of anilines is 1. The SMILES string of the molecule is CC(=O)c1ccc(NC(=O)C(C)Sc2nnnn2-c2ccccc2C)cc1. The predicted octanol–water partition coefficient (Wildman–Crippen LogP) is 3.29. The molecule has 1 aromatic heterocycles. The van der Waals surface area contributed by atoms with Crippen LogP contribution in [0.3, 0.4) is 0 Å². The summed E-state index contributed by atoms with van der Waals surface area (Å²) in [6.07, 6.45) is 0. The van der Waals surface area contributed by atoms with Crippen LogP contribution in [0.25, 0.3) is 5.69 Å². The molecule has 0 aliphatic heterocycles. The van der Waals surface area contributed by atoms with Crippen molar-refractivity contribution in [2.24, 2.45) is 0 Å². The Morgan fingerprint density at radius 3 is 2.48 bits per heavy atom. The van der Waals surface area contributed by atoms with Crippen molar-refractivity contribution in [3.05, 3.63) is 59.7 Å². The number of carbonyl (C=O) groups is 2. The first-order valence-electron chi connectivity index (χ1n) is 8.38. The molecule has 1 unspecified atom stereocenters. The predicted molar refractivity (Wildman–Crippen MR) is 104 cm³/mol. The zero-order chi connectivity index (χ0) is 19.4. The lowest BCUT2D eigenvalue weighted by molar-refractivity contribution is -0.115. The van der Waals surface area contributed by atoms with Gasteiger partial charge in [0.05, 0.1) is 10.9 Å². The Bertz CT molecular complexity index is 968. The molecule has 0 aliphatic rings. The van der Waals surface area contributed by atoms with Gasteiger partial charge >= 0.3 is 0 Å². The van der Waals surface area contributed by atoms with E-state index < -0.39 is 5.25 Å². The molecule has 0 fully saturated rings. The lowest BCUT2D eigenvalue weighted by atomic mass is 10.1. The zero-order valence-electron chi connectivity index (χ0n) is 15.2. The van der Waals surface area contributed by atoms with E-state index in [9.17, 15) is 9.59 Å². The second-order valence-electron chi connectivity index (χ2n) is 6.04. The van der Waals surface area contributed by atoms with E-state index in [0.717, 1.165) is 11.3 Å². The second kappa shape index (κ2) is 8.13. The van der Waals surface area contributed by atoms with Gasteiger partial charge in [0.2, 0.25) is 11.1 Å². The van der Waals surface area contributed by atoms with Crippen LogP contribution >= 0.6 is 11.8 Å². The molecule has 3 aromatic rings. The van der Waals surface area contributed by atoms with Gasteiger partial charge in [-0.2, -0.15) is 4.68 Å². The van der Waals surface area contributed by atoms with Crippen molar-refractivity contribution >= 4 is 29.1 Å². The van der Waals surface area contributed by atoms with Crippen molar-refractivity contribution in [3.63, 3.8) is 0 Å². The Hall–Kier alpha value is -3.00. The first kappa shape index (κ1) is 18.8. The highest BCUT2D eigenvalue weighted by Gasteiger charge is 2.20. The lowest BCUT2D eigenvalue weighted by Gasteiger charge is -2.12. The van der Waals surface area contributed by atoms with Crippen molar-refractivity contribution in [2.45, 2.75) is 31.2 Å². The molecule has 0 saturated heterocycles. The standard InChI is InChI=1S/C19H19N5O2S/c1-12-6-4-5-7-17(12)24-19(21-22-23-24)27-14(3)18(26)20-16-10-8-15(9-11-16)13(2)25/h4-11,14H,1-3H3,(H,20,26). The molecule has 27 heavy (non-hydrogen) atoms. The molecule has 0 saturated carbocycles. The second-order valence-corrected chi connectivity index (χ2v) is 7.35. The molecule has 7 nitrogen and oxygen atoms in total. The van der Waals surface area contributed by atoms with E-state index in [4.69, 9.17) is 0 Å². The number of Topliss-reactive ketones (excluding diaryl/α,β-unsaturated/α-hetero) is 1. The van der Waals surface area contributed by atoms with E-state index in [-0.39, 0.29) is 11.7 Å². The van der Waals surface area contributed by atoms with Crippen LogP contribution in [0.4, 0.5) is 5.69 Å². The lowest BCUT2D eigenvalue weighted by Crippen LogP contribution is -2.23. The number of rotatable bonds is 6. The Morgan fingerprint density at radius 1 is 1.11 bits per heavy atom. The number of aryl methyl sites for hydroxylation is 1. The summed E-state index contributed by atoms with van der Waals surface area (Å²) in [5.41, 5.74) is 3.15. The molecule has 0 bridgehead atoms. The van der Waals surface area contributed by atoms with Crippen molar-refractivity contribution in [1.82, 2.24) is 20.2 Å². The maximum Gasteiger partial charge on any atom is 0.237 e. The fraction of sp³-hybridized carbons (Fsp3) is 0.211. The van der Waals surface area contributed by atoms with Gasteiger partial charge in [-0.25, -0.2) is 0 Å². The van der Waals surface area contributed by atoms with Crippen LogP contribution in [-0.4, -0.2) is 37.1 Å². The first-order chi connectivity index (χ1) is 13.0. The third-order valence-corrected chi connectivity index (χ3v) is 5.03. The maximum atomic E-state index is 12.5. The molecule has 138 valence electrons. The molecular formula is C19H19N5O2S. The number of para-hydroxylation sites is 1. The van der Waals surface area contributed by atoms with Crippen molar-refractivity contribution in [3.8, 4) is 5.69 Å². The fourth-order valence-corrected chi connectivity index (χ4v) is 3.25. The molecular weight excluding hydrogens is 362 g/mol. The van der Waals surface area contributed by atoms with Crippen molar-refractivity contribution < 1.29 is 9.59 Å². The number of amides is 1. The van der Waals surface area contributed by atoms with E-state index in [1.54, 1.807) is 35.9 Å². The number of benzene rings is 2. The highest BCUT2D eigenvalue weighted by Crippen LogP contribution is 2.25. The van der Waals surface area contributed by atoms with E-state index in [2.05, 4.69) is 20.8 Å². The van der Waals surface area contributed by atoms with E-state index in [1.807, 2.05) is 31.2 Å². The van der Waals surface area contributed by atoms with Crippen molar-refractivity contribution in [2.75, 3.05) is 5.32 Å². The minimum absolute atomic E-state index is 0.0140. The highest BCUT2D eigenvalue weighted by atomic mass is 32.2. The van der Waals surface area contributed by atoms with E-state index >= 15 is 0 Å². The molecule has 0 aliphatic carbocycles. The Morgan fingerprint density at radius 2 is 1.81 bits per heavy atom. The van der Waals surface area contributed by atoms with Gasteiger partial charge in [-0.3, -0.25) is 9.59 Å². The van der Waals surface area contributed by atoms with Crippen LogP contribution in [-0.2, 0) is 4.79 Å². The molecule has 1 N–H and O–H groups in total. The largest absolute Gasteiger partial charge is 0.325 e. The topological polar surface area (TPSA) is 89.8 Å². The summed E-state index contributed by atoms with van der Waals surface area (Å²) < 4.78 is 1.63. The number of thioether (sulfide) groups is 1. The first-order valence-corrected chi connectivity index (χ1v) is 9.26. The van der Waals surface area contributed by atoms with Gasteiger partial charge in [0.1, 0.15) is 0 Å². The average Bonchev–Trinajstić information content (AvgIpc) is 3.10. The van der Waals surface area contributed by atoms with Gasteiger partial charge in [0.15, 0.2) is 5.78 Å². The number of tetrazole rings is 1. The molecule has 8 heteroatoms. The number of carbonyl (C=O) groups excluding carboxylic acids is 2. The van der Waals surface area contributed by atoms with Crippen LogP contribution in [0.1, 0.15) is 29.8 Å². The third-order valence-electron chi connectivity index (χ3n) is 3.99. The molecule has 1 heterocycles. The molecule has 1 atom stereocenters. The number of nitrogens with one attached hydrogen (secondary N) is 1. The van der Waals surface area contributed by atoms with Gasteiger partial charge in [-0.1, -0.05) is 30.0 Å². The molecule has 3 rings (SSSR count). The number of nitrogens with zero attached hydrogens (tertiary/aromatic N) is 4. The Balaban J connectivity index is 1.70. The van der Waals surface area contributed by atoms with Gasteiger partial charge < -0.3 is 5.32 Å². The minimum atomic E-state index is -0.411. The Kier molecular flexibility index (Phi) is 5.66. The van der Waals surface area contributed by atoms with Crippen LogP contribution in [0.15, 0.2) is 53.7 Å². The highest BCUT2D eigenvalue weighted by molar-refractivity contribution is 8.00. The monoisotopic (exact) mass is 381 g/mol. The summed E-state index contributed by atoms with van der Waals surface area (Å²) >= 11 is 1.28. The number of aromatic nitrogens is 4. The van der Waals surface area contributed by atoms with Crippen LogP contribution < -0.4 is 5.32 Å². The quantitative estimate of drug-likeness (QED) is 0.520. The fourth-order valence-electron chi connectivity index (χ4n) is 2.45. The minimum Gasteiger partial charge on any atom is -0.325 e. The summed E-state index contributed by atoms with van der Waals surface area (Å²) in [5, 5.41) is 14.8. The molecule has 1 amide bonds. The Labute approximate surface area is 161 Å². The maximum absolute atomic E-state index is 12.5. The number of hydrogen-bond acceptors (Lipinski definition) is 6. The van der Waals surface area contributed by atoms with Crippen LogP contribution in [0, 0.1) is 6.92 Å².